The van der Waals surface area contributed by atoms with Gasteiger partial charge >= 0.3 is 6.09 Å². The van der Waals surface area contributed by atoms with E-state index in [0.717, 1.165) is 0 Å². The van der Waals surface area contributed by atoms with Crippen LogP contribution in [0.4, 0.5) is 4.79 Å². The highest BCUT2D eigenvalue weighted by Gasteiger charge is 2.06. The number of ether oxygens (including phenoxy) is 1. The van der Waals surface area contributed by atoms with Crippen LogP contribution in [0.2, 0.25) is 10.0 Å². The second-order valence-electron chi connectivity index (χ2n) is 2.61. The van der Waals surface area contributed by atoms with Crippen molar-refractivity contribution in [2.75, 3.05) is 0 Å². The maximum absolute atomic E-state index is 11.1. The minimum atomic E-state index is -0.600. The van der Waals surface area contributed by atoms with Gasteiger partial charge in [0.05, 0.1) is 5.02 Å². The summed E-state index contributed by atoms with van der Waals surface area (Å²) in [5, 5.41) is 3.17. The van der Waals surface area contributed by atoms with E-state index in [-0.39, 0.29) is 10.8 Å². The van der Waals surface area contributed by atoms with E-state index in [1.54, 1.807) is 19.1 Å². The summed E-state index contributed by atoms with van der Waals surface area (Å²) in [5.41, 5.74) is 0. The molecule has 0 atom stereocenters. The second-order valence-corrected chi connectivity index (χ2v) is 3.45. The Labute approximate surface area is 97.6 Å². The van der Waals surface area contributed by atoms with Crippen molar-refractivity contribution in [1.29, 1.82) is 0 Å². The van der Waals surface area contributed by atoms with Crippen LogP contribution in [0.5, 0.6) is 5.75 Å². The normalized spacial score (nSPS) is 10.3. The predicted octanol–water partition coefficient (Wildman–Crippen LogP) is 3.62. The average Bonchev–Trinajstić information content (AvgIpc) is 2.19. The van der Waals surface area contributed by atoms with E-state index in [1.807, 2.05) is 0 Å². The Morgan fingerprint density at radius 3 is 2.80 bits per heavy atom. The maximum atomic E-state index is 11.1. The average molecular weight is 246 g/mol. The molecule has 1 aromatic carbocycles. The van der Waals surface area contributed by atoms with Crippen molar-refractivity contribution < 1.29 is 9.53 Å². The number of carbonyl (C=O) groups is 1. The molecule has 0 fully saturated rings. The van der Waals surface area contributed by atoms with Crippen molar-refractivity contribution in [3.8, 4) is 5.75 Å². The van der Waals surface area contributed by atoms with E-state index in [0.29, 0.717) is 5.02 Å². The highest BCUT2D eigenvalue weighted by molar-refractivity contribution is 6.35. The summed E-state index contributed by atoms with van der Waals surface area (Å²) < 4.78 is 4.91. The number of amides is 1. The molecule has 0 unspecified atom stereocenters. The van der Waals surface area contributed by atoms with Gasteiger partial charge in [0, 0.05) is 11.2 Å². The van der Waals surface area contributed by atoms with Gasteiger partial charge in [0.2, 0.25) is 0 Å². The lowest BCUT2D eigenvalue weighted by Crippen LogP contribution is -2.21. The molecule has 1 rings (SSSR count). The lowest BCUT2D eigenvalue weighted by molar-refractivity contribution is 0.204. The van der Waals surface area contributed by atoms with E-state index in [2.05, 4.69) is 5.32 Å². The molecule has 1 amide bonds. The maximum Gasteiger partial charge on any atom is 0.416 e. The Kier molecular flexibility index (Phi) is 4.46. The lowest BCUT2D eigenvalue weighted by atomic mass is 10.3. The molecule has 1 N–H and O–H groups in total. The molecular weight excluding hydrogens is 237 g/mol. The Hall–Kier alpha value is -1.19. The van der Waals surface area contributed by atoms with E-state index < -0.39 is 6.09 Å². The first-order chi connectivity index (χ1) is 7.13. The largest absolute Gasteiger partial charge is 0.416 e. The van der Waals surface area contributed by atoms with Gasteiger partial charge in [-0.05, 0) is 25.1 Å². The fourth-order valence-corrected chi connectivity index (χ4v) is 1.29. The van der Waals surface area contributed by atoms with Gasteiger partial charge in [0.25, 0.3) is 0 Å². The van der Waals surface area contributed by atoms with Crippen LogP contribution < -0.4 is 10.1 Å². The molecule has 0 aromatic heterocycles. The Morgan fingerprint density at radius 2 is 2.20 bits per heavy atom. The number of hydrogen-bond acceptors (Lipinski definition) is 2. The summed E-state index contributed by atoms with van der Waals surface area (Å²) in [4.78, 5) is 11.1. The summed E-state index contributed by atoms with van der Waals surface area (Å²) in [6, 6.07) is 4.62. The molecule has 1 aromatic rings. The lowest BCUT2D eigenvalue weighted by Gasteiger charge is -2.05. The first kappa shape index (κ1) is 11.9. The summed E-state index contributed by atoms with van der Waals surface area (Å²) >= 11 is 11.5. The van der Waals surface area contributed by atoms with Crippen LogP contribution in [0.25, 0.3) is 0 Å². The highest BCUT2D eigenvalue weighted by atomic mass is 35.5. The number of benzene rings is 1. The monoisotopic (exact) mass is 245 g/mol. The minimum absolute atomic E-state index is 0.267. The van der Waals surface area contributed by atoms with Crippen LogP contribution in [0, 0.1) is 0 Å². The molecule has 0 radical (unpaired) electrons. The number of carbonyl (C=O) groups excluding carboxylic acids is 1. The summed E-state index contributed by atoms with van der Waals surface area (Å²) in [7, 11) is 0. The molecule has 80 valence electrons. The number of nitrogens with one attached hydrogen (secondary N) is 1. The minimum Gasteiger partial charge on any atom is -0.409 e. The van der Waals surface area contributed by atoms with Crippen molar-refractivity contribution in [1.82, 2.24) is 5.32 Å². The van der Waals surface area contributed by atoms with Gasteiger partial charge in [-0.2, -0.15) is 0 Å². The third kappa shape index (κ3) is 3.81. The van der Waals surface area contributed by atoms with Gasteiger partial charge in [-0.1, -0.05) is 29.3 Å². The topological polar surface area (TPSA) is 38.3 Å². The van der Waals surface area contributed by atoms with Gasteiger partial charge in [-0.15, -0.1) is 0 Å². The molecule has 3 nitrogen and oxygen atoms in total. The standard InChI is InChI=1S/C10H9Cl2NO2/c1-2-5-13-10(14)15-9-4-3-7(11)6-8(9)12/h2-6H,1H3,(H,13,14). The van der Waals surface area contributed by atoms with Crippen LogP contribution >= 0.6 is 23.2 Å². The summed E-state index contributed by atoms with van der Waals surface area (Å²) in [6.45, 7) is 1.77. The second kappa shape index (κ2) is 5.63. The van der Waals surface area contributed by atoms with Gasteiger partial charge in [-0.25, -0.2) is 4.79 Å². The van der Waals surface area contributed by atoms with Gasteiger partial charge in [0.15, 0.2) is 5.75 Å². The predicted molar refractivity (Wildman–Crippen MR) is 60.4 cm³/mol. The number of rotatable bonds is 2. The third-order valence-corrected chi connectivity index (χ3v) is 1.99. The zero-order valence-corrected chi connectivity index (χ0v) is 9.47. The van der Waals surface area contributed by atoms with Crippen LogP contribution in [0.3, 0.4) is 0 Å². The van der Waals surface area contributed by atoms with E-state index in [4.69, 9.17) is 27.9 Å². The third-order valence-electron chi connectivity index (χ3n) is 1.46. The van der Waals surface area contributed by atoms with Crippen LogP contribution in [-0.4, -0.2) is 6.09 Å². The number of hydrogen-bond donors (Lipinski definition) is 1. The van der Waals surface area contributed by atoms with Crippen LogP contribution in [-0.2, 0) is 0 Å². The number of allylic oxidation sites excluding steroid dienone is 1. The number of halogens is 2. The first-order valence-corrected chi connectivity index (χ1v) is 4.93. The quantitative estimate of drug-likeness (QED) is 0.865. The molecule has 0 bridgehead atoms. The molecular formula is C10H9Cl2NO2. The van der Waals surface area contributed by atoms with Crippen molar-refractivity contribution in [2.45, 2.75) is 6.92 Å². The SMILES string of the molecule is CC=CNC(=O)Oc1ccc(Cl)cc1Cl. The van der Waals surface area contributed by atoms with Crippen LogP contribution in [0.1, 0.15) is 6.92 Å². The molecule has 0 spiro atoms. The van der Waals surface area contributed by atoms with Gasteiger partial charge in [-0.3, -0.25) is 5.32 Å². The Bertz CT molecular complexity index is 391. The molecule has 15 heavy (non-hydrogen) atoms. The molecule has 0 saturated carbocycles. The molecule has 0 saturated heterocycles. The molecule has 5 heteroatoms. The van der Waals surface area contributed by atoms with Crippen molar-refractivity contribution in [2.24, 2.45) is 0 Å². The molecule has 0 aliphatic carbocycles. The van der Waals surface area contributed by atoms with E-state index >= 15 is 0 Å². The smallest absolute Gasteiger partial charge is 0.409 e. The summed E-state index contributed by atoms with van der Waals surface area (Å²) in [6.07, 6.45) is 2.54. The Morgan fingerprint density at radius 1 is 1.47 bits per heavy atom. The van der Waals surface area contributed by atoms with Crippen molar-refractivity contribution >= 4 is 29.3 Å². The molecule has 0 aliphatic rings. The zero-order valence-electron chi connectivity index (χ0n) is 7.96. The molecule has 0 heterocycles. The van der Waals surface area contributed by atoms with Crippen molar-refractivity contribution in [3.05, 3.63) is 40.5 Å². The van der Waals surface area contributed by atoms with Gasteiger partial charge in [0.1, 0.15) is 0 Å². The van der Waals surface area contributed by atoms with E-state index in [1.165, 1.54) is 18.3 Å². The highest BCUT2D eigenvalue weighted by Crippen LogP contribution is 2.27. The van der Waals surface area contributed by atoms with Crippen molar-refractivity contribution in [3.63, 3.8) is 0 Å². The first-order valence-electron chi connectivity index (χ1n) is 4.18. The van der Waals surface area contributed by atoms with E-state index in [9.17, 15) is 4.79 Å². The Balaban J connectivity index is 2.68. The fraction of sp³-hybridized carbons (Fsp3) is 0.100. The molecule has 0 aliphatic heterocycles. The zero-order chi connectivity index (χ0) is 11.3. The van der Waals surface area contributed by atoms with Gasteiger partial charge < -0.3 is 4.74 Å². The van der Waals surface area contributed by atoms with Crippen LogP contribution in [0.15, 0.2) is 30.5 Å². The fourth-order valence-electron chi connectivity index (χ4n) is 0.839. The summed E-state index contributed by atoms with van der Waals surface area (Å²) in [5.74, 6) is 0.267.